The molecule has 78 valence electrons. The highest BCUT2D eigenvalue weighted by atomic mass is 16.6. The van der Waals surface area contributed by atoms with Crippen LogP contribution in [0.15, 0.2) is 23.8 Å². The van der Waals surface area contributed by atoms with Gasteiger partial charge in [-0.25, -0.2) is 0 Å². The van der Waals surface area contributed by atoms with Crippen molar-refractivity contribution in [3.05, 3.63) is 45.0 Å². The Balaban J connectivity index is 3.30. The first-order valence-corrected chi connectivity index (χ1v) is 4.35. The number of hydrogen-bond donors (Lipinski definition) is 0. The Labute approximate surface area is 92.0 Å². The zero-order chi connectivity index (χ0) is 12.1. The summed E-state index contributed by atoms with van der Waals surface area (Å²) in [4.78, 5) is 10.0. The van der Waals surface area contributed by atoms with Crippen molar-refractivity contribution in [2.45, 2.75) is 6.92 Å². The van der Waals surface area contributed by atoms with E-state index >= 15 is 0 Å². The van der Waals surface area contributed by atoms with E-state index in [0.717, 1.165) is 5.56 Å². The Morgan fingerprint density at radius 3 is 2.56 bits per heavy atom. The Kier molecular flexibility index (Phi) is 3.37. The second-order valence-corrected chi connectivity index (χ2v) is 3.08. The van der Waals surface area contributed by atoms with Crippen LogP contribution >= 0.6 is 0 Å². The van der Waals surface area contributed by atoms with Crippen molar-refractivity contribution in [3.63, 3.8) is 0 Å². The van der Waals surface area contributed by atoms with Crippen molar-refractivity contribution < 1.29 is 4.92 Å². The smallest absolute Gasteiger partial charge is 0.258 e. The van der Waals surface area contributed by atoms with E-state index in [1.165, 1.54) is 18.2 Å². The summed E-state index contributed by atoms with van der Waals surface area (Å²) >= 11 is 0. The summed E-state index contributed by atoms with van der Waals surface area (Å²) in [6, 6.07) is 7.71. The molecule has 0 amide bonds. The summed E-state index contributed by atoms with van der Waals surface area (Å²) in [6.45, 7) is 1.75. The van der Waals surface area contributed by atoms with Crippen molar-refractivity contribution in [2.24, 2.45) is 0 Å². The van der Waals surface area contributed by atoms with Gasteiger partial charge in [-0.05, 0) is 24.1 Å². The molecule has 0 saturated carbocycles. The van der Waals surface area contributed by atoms with E-state index in [2.05, 4.69) is 0 Å². The van der Waals surface area contributed by atoms with Gasteiger partial charge in [0.2, 0.25) is 0 Å². The van der Waals surface area contributed by atoms with Crippen LogP contribution in [-0.4, -0.2) is 4.92 Å². The minimum atomic E-state index is -0.519. The van der Waals surface area contributed by atoms with Gasteiger partial charge in [-0.3, -0.25) is 10.1 Å². The molecule has 1 aromatic carbocycles. The monoisotopic (exact) mass is 213 g/mol. The lowest BCUT2D eigenvalue weighted by Crippen LogP contribution is -1.90. The Morgan fingerprint density at radius 2 is 2.06 bits per heavy atom. The first-order valence-electron chi connectivity index (χ1n) is 4.35. The van der Waals surface area contributed by atoms with Crippen LogP contribution in [0.3, 0.4) is 0 Å². The topological polar surface area (TPSA) is 90.7 Å². The van der Waals surface area contributed by atoms with Gasteiger partial charge in [0.15, 0.2) is 0 Å². The van der Waals surface area contributed by atoms with E-state index in [4.69, 9.17) is 10.5 Å². The number of benzene rings is 1. The molecule has 0 heterocycles. The highest BCUT2D eigenvalue weighted by Gasteiger charge is 2.07. The SMILES string of the molecule is Cc1ccc([N+](=O)[O-])cc1C=C(C#N)C#N. The van der Waals surface area contributed by atoms with Crippen LogP contribution in [0, 0.1) is 39.7 Å². The number of nitrogens with zero attached hydrogens (tertiary/aromatic N) is 3. The van der Waals surface area contributed by atoms with Gasteiger partial charge < -0.3 is 0 Å². The number of rotatable bonds is 2. The zero-order valence-electron chi connectivity index (χ0n) is 8.47. The normalized spacial score (nSPS) is 8.69. The molecule has 0 saturated heterocycles. The lowest BCUT2D eigenvalue weighted by molar-refractivity contribution is -0.384. The van der Waals surface area contributed by atoms with Crippen LogP contribution in [0.5, 0.6) is 0 Å². The summed E-state index contributed by atoms with van der Waals surface area (Å²) < 4.78 is 0. The van der Waals surface area contributed by atoms with Crippen LogP contribution in [-0.2, 0) is 0 Å². The second kappa shape index (κ2) is 4.72. The molecule has 0 aliphatic heterocycles. The molecule has 0 bridgehead atoms. The van der Waals surface area contributed by atoms with Gasteiger partial charge in [-0.1, -0.05) is 6.07 Å². The Hall–Kier alpha value is -2.66. The number of aryl methyl sites for hydroxylation is 1. The van der Waals surface area contributed by atoms with Crippen LogP contribution in [0.25, 0.3) is 6.08 Å². The molecule has 0 radical (unpaired) electrons. The van der Waals surface area contributed by atoms with E-state index < -0.39 is 4.92 Å². The van der Waals surface area contributed by atoms with Gasteiger partial charge in [0.25, 0.3) is 5.69 Å². The number of nitro benzene ring substituents is 1. The van der Waals surface area contributed by atoms with Crippen LogP contribution < -0.4 is 0 Å². The van der Waals surface area contributed by atoms with Gasteiger partial charge in [-0.15, -0.1) is 0 Å². The molecule has 0 unspecified atom stereocenters. The number of hydrogen-bond acceptors (Lipinski definition) is 4. The maximum absolute atomic E-state index is 10.5. The average molecular weight is 213 g/mol. The molecule has 0 aliphatic carbocycles. The van der Waals surface area contributed by atoms with E-state index in [1.54, 1.807) is 25.1 Å². The van der Waals surface area contributed by atoms with Gasteiger partial charge in [0.1, 0.15) is 17.7 Å². The number of nitriles is 2. The minimum absolute atomic E-state index is 0.0629. The fourth-order valence-corrected chi connectivity index (χ4v) is 1.14. The third kappa shape index (κ3) is 2.43. The van der Waals surface area contributed by atoms with Crippen molar-refractivity contribution in [3.8, 4) is 12.1 Å². The van der Waals surface area contributed by atoms with Crippen molar-refractivity contribution in [2.75, 3.05) is 0 Å². The molecular formula is C11H7N3O2. The van der Waals surface area contributed by atoms with Crippen molar-refractivity contribution >= 4 is 11.8 Å². The molecule has 0 N–H and O–H groups in total. The van der Waals surface area contributed by atoms with Gasteiger partial charge in [0, 0.05) is 12.1 Å². The molecule has 0 fully saturated rings. The Morgan fingerprint density at radius 1 is 1.44 bits per heavy atom. The summed E-state index contributed by atoms with van der Waals surface area (Å²) in [5.41, 5.74) is 1.14. The summed E-state index contributed by atoms with van der Waals surface area (Å²) in [6.07, 6.45) is 1.34. The predicted octanol–water partition coefficient (Wildman–Crippen LogP) is 2.33. The van der Waals surface area contributed by atoms with Crippen LogP contribution in [0.4, 0.5) is 5.69 Å². The predicted molar refractivity (Wildman–Crippen MR) is 57.0 cm³/mol. The van der Waals surface area contributed by atoms with E-state index in [-0.39, 0.29) is 11.3 Å². The van der Waals surface area contributed by atoms with Gasteiger partial charge in [-0.2, -0.15) is 10.5 Å². The number of allylic oxidation sites excluding steroid dienone is 1. The quantitative estimate of drug-likeness (QED) is 0.428. The highest BCUT2D eigenvalue weighted by Crippen LogP contribution is 2.19. The summed E-state index contributed by atoms with van der Waals surface area (Å²) in [5.74, 6) is 0. The second-order valence-electron chi connectivity index (χ2n) is 3.08. The first-order chi connectivity index (χ1) is 7.58. The maximum Gasteiger partial charge on any atom is 0.270 e. The van der Waals surface area contributed by atoms with E-state index in [1.807, 2.05) is 0 Å². The number of nitro groups is 1. The van der Waals surface area contributed by atoms with Gasteiger partial charge in [0.05, 0.1) is 4.92 Å². The molecule has 16 heavy (non-hydrogen) atoms. The maximum atomic E-state index is 10.5. The molecule has 0 atom stereocenters. The van der Waals surface area contributed by atoms with E-state index in [9.17, 15) is 10.1 Å². The molecular weight excluding hydrogens is 206 g/mol. The molecule has 5 nitrogen and oxygen atoms in total. The van der Waals surface area contributed by atoms with Crippen molar-refractivity contribution in [1.82, 2.24) is 0 Å². The molecule has 0 aromatic heterocycles. The molecule has 1 aromatic rings. The highest BCUT2D eigenvalue weighted by molar-refractivity contribution is 5.65. The average Bonchev–Trinajstić information content (AvgIpc) is 2.27. The largest absolute Gasteiger partial charge is 0.270 e. The summed E-state index contributed by atoms with van der Waals surface area (Å²) in [7, 11) is 0. The Bertz CT molecular complexity index is 531. The summed E-state index contributed by atoms with van der Waals surface area (Å²) in [5, 5.41) is 27.7. The zero-order valence-corrected chi connectivity index (χ0v) is 8.47. The lowest BCUT2D eigenvalue weighted by Gasteiger charge is -1.99. The molecule has 1 rings (SSSR count). The fourth-order valence-electron chi connectivity index (χ4n) is 1.14. The third-order valence-corrected chi connectivity index (χ3v) is 2.01. The van der Waals surface area contributed by atoms with Crippen molar-refractivity contribution in [1.29, 1.82) is 10.5 Å². The van der Waals surface area contributed by atoms with E-state index in [0.29, 0.717) is 5.56 Å². The van der Waals surface area contributed by atoms with Crippen LogP contribution in [0.2, 0.25) is 0 Å². The third-order valence-electron chi connectivity index (χ3n) is 2.01. The molecule has 0 spiro atoms. The number of non-ortho nitro benzene ring substituents is 1. The fraction of sp³-hybridized carbons (Fsp3) is 0.0909. The molecule has 0 aliphatic rings. The minimum Gasteiger partial charge on any atom is -0.258 e. The standard InChI is InChI=1S/C11H7N3O2/c1-8-2-3-11(14(15)16)5-10(8)4-9(6-12)7-13/h2-5H,1H3. The molecule has 5 heteroatoms. The van der Waals surface area contributed by atoms with Gasteiger partial charge >= 0.3 is 0 Å². The lowest BCUT2D eigenvalue weighted by atomic mass is 10.1. The first kappa shape index (κ1) is 11.4. The van der Waals surface area contributed by atoms with Crippen LogP contribution in [0.1, 0.15) is 11.1 Å².